The first kappa shape index (κ1) is 18.7. The highest BCUT2D eigenvalue weighted by atomic mass is 32.2. The van der Waals surface area contributed by atoms with Crippen molar-refractivity contribution in [2.45, 2.75) is 30.6 Å². The van der Waals surface area contributed by atoms with E-state index in [1.807, 2.05) is 24.3 Å². The van der Waals surface area contributed by atoms with E-state index in [2.05, 4.69) is 4.72 Å². The number of anilines is 1. The normalized spacial score (nSPS) is 11.5. The fourth-order valence-corrected chi connectivity index (χ4v) is 3.40. The lowest BCUT2D eigenvalue weighted by Gasteiger charge is -2.10. The van der Waals surface area contributed by atoms with Crippen LogP contribution >= 0.6 is 0 Å². The lowest BCUT2D eigenvalue weighted by molar-refractivity contribution is -0.137. The lowest BCUT2D eigenvalue weighted by Crippen LogP contribution is -2.13. The van der Waals surface area contributed by atoms with E-state index in [9.17, 15) is 13.2 Å². The molecule has 0 aliphatic rings. The van der Waals surface area contributed by atoms with Crippen LogP contribution < -0.4 is 4.72 Å². The molecule has 2 aromatic carbocycles. The number of benzene rings is 2. The summed E-state index contributed by atoms with van der Waals surface area (Å²) in [4.78, 5) is 10.7. The molecule has 0 radical (unpaired) electrons. The van der Waals surface area contributed by atoms with Gasteiger partial charge in [0, 0.05) is 6.42 Å². The van der Waals surface area contributed by atoms with Crippen molar-refractivity contribution in [3.05, 3.63) is 66.2 Å². The predicted molar refractivity (Wildman–Crippen MR) is 98.8 cm³/mol. The van der Waals surface area contributed by atoms with Crippen molar-refractivity contribution >= 4 is 27.8 Å². The number of aliphatic carboxylic acids is 1. The Kier molecular flexibility index (Phi) is 6.77. The molecule has 2 rings (SSSR count). The second kappa shape index (κ2) is 9.03. The molecule has 0 aliphatic heterocycles. The topological polar surface area (TPSA) is 83.5 Å². The molecule has 0 bridgehead atoms. The van der Waals surface area contributed by atoms with Crippen molar-refractivity contribution in [3.63, 3.8) is 0 Å². The number of unbranched alkanes of at least 4 members (excludes halogenated alkanes) is 2. The minimum atomic E-state index is -3.63. The van der Waals surface area contributed by atoms with E-state index in [0.717, 1.165) is 18.4 Å². The Labute approximate surface area is 148 Å². The molecular formula is C19H21NO4S. The standard InChI is InChI=1S/C19H21NO4S/c21-19(22)15-7-2-1-4-10-16-11-8-9-14-18(16)20-25(23,24)17-12-5-3-6-13-17/h3-6,8-14,20H,1-2,7,15H2,(H,21,22)/b10-4-. The molecule has 2 N–H and O–H groups in total. The van der Waals surface area contributed by atoms with Crippen LogP contribution in [0.15, 0.2) is 65.6 Å². The van der Waals surface area contributed by atoms with E-state index in [0.29, 0.717) is 12.1 Å². The van der Waals surface area contributed by atoms with Gasteiger partial charge in [-0.15, -0.1) is 0 Å². The van der Waals surface area contributed by atoms with Crippen molar-refractivity contribution in [3.8, 4) is 0 Å². The number of allylic oxidation sites excluding steroid dienone is 1. The van der Waals surface area contributed by atoms with Crippen LogP contribution in [0.1, 0.15) is 31.2 Å². The van der Waals surface area contributed by atoms with Gasteiger partial charge in [0.25, 0.3) is 10.0 Å². The number of carboxylic acids is 1. The van der Waals surface area contributed by atoms with Crippen LogP contribution in [0, 0.1) is 0 Å². The Morgan fingerprint density at radius 1 is 1.00 bits per heavy atom. The summed E-state index contributed by atoms with van der Waals surface area (Å²) in [6.45, 7) is 0. The summed E-state index contributed by atoms with van der Waals surface area (Å²) in [6.07, 6.45) is 6.10. The fourth-order valence-electron chi connectivity index (χ4n) is 2.29. The van der Waals surface area contributed by atoms with Gasteiger partial charge in [-0.05, 0) is 43.0 Å². The van der Waals surface area contributed by atoms with Gasteiger partial charge in [-0.1, -0.05) is 48.6 Å². The summed E-state index contributed by atoms with van der Waals surface area (Å²) in [5.41, 5.74) is 1.27. The third-order valence-corrected chi connectivity index (χ3v) is 4.95. The Morgan fingerprint density at radius 3 is 2.40 bits per heavy atom. The van der Waals surface area contributed by atoms with E-state index >= 15 is 0 Å². The molecule has 0 saturated heterocycles. The van der Waals surface area contributed by atoms with Crippen LogP contribution in [0.5, 0.6) is 0 Å². The highest BCUT2D eigenvalue weighted by Gasteiger charge is 2.14. The van der Waals surface area contributed by atoms with E-state index in [1.54, 1.807) is 42.5 Å². The molecule has 0 atom stereocenters. The van der Waals surface area contributed by atoms with Crippen molar-refractivity contribution in [2.75, 3.05) is 4.72 Å². The average molecular weight is 359 g/mol. The summed E-state index contributed by atoms with van der Waals surface area (Å²) in [5, 5.41) is 8.60. The van der Waals surface area contributed by atoms with Gasteiger partial charge in [-0.25, -0.2) is 8.42 Å². The SMILES string of the molecule is O=C(O)CCCC/C=C\c1ccccc1NS(=O)(=O)c1ccccc1. The lowest BCUT2D eigenvalue weighted by atomic mass is 10.1. The molecule has 0 unspecified atom stereocenters. The Bertz CT molecular complexity index is 830. The van der Waals surface area contributed by atoms with Crippen molar-refractivity contribution in [1.29, 1.82) is 0 Å². The maximum Gasteiger partial charge on any atom is 0.303 e. The van der Waals surface area contributed by atoms with E-state index in [1.165, 1.54) is 0 Å². The van der Waals surface area contributed by atoms with Gasteiger partial charge >= 0.3 is 5.97 Å². The van der Waals surface area contributed by atoms with Gasteiger partial charge in [0.15, 0.2) is 0 Å². The quantitative estimate of drug-likeness (QED) is 0.659. The molecule has 0 saturated carbocycles. The Balaban J connectivity index is 2.04. The first-order valence-corrected chi connectivity index (χ1v) is 9.52. The molecule has 5 nitrogen and oxygen atoms in total. The number of hydrogen-bond acceptors (Lipinski definition) is 3. The van der Waals surface area contributed by atoms with Crippen LogP contribution in [-0.2, 0) is 14.8 Å². The highest BCUT2D eigenvalue weighted by Crippen LogP contribution is 2.21. The zero-order valence-corrected chi connectivity index (χ0v) is 14.6. The molecule has 0 spiro atoms. The molecule has 0 aliphatic carbocycles. The molecule has 2 aromatic rings. The number of para-hydroxylation sites is 1. The third-order valence-electron chi connectivity index (χ3n) is 3.57. The maximum atomic E-state index is 12.4. The number of nitrogens with one attached hydrogen (secondary N) is 1. The third kappa shape index (κ3) is 6.08. The van der Waals surface area contributed by atoms with Gasteiger partial charge in [-0.3, -0.25) is 9.52 Å². The van der Waals surface area contributed by atoms with Crippen molar-refractivity contribution < 1.29 is 18.3 Å². The van der Waals surface area contributed by atoms with Gasteiger partial charge in [0.05, 0.1) is 10.6 Å². The summed E-state index contributed by atoms with van der Waals surface area (Å²) >= 11 is 0. The van der Waals surface area contributed by atoms with Crippen LogP contribution in [0.2, 0.25) is 0 Å². The van der Waals surface area contributed by atoms with Gasteiger partial charge in [0.1, 0.15) is 0 Å². The van der Waals surface area contributed by atoms with Gasteiger partial charge in [0.2, 0.25) is 0 Å². The Morgan fingerprint density at radius 2 is 1.68 bits per heavy atom. The van der Waals surface area contributed by atoms with Gasteiger partial charge < -0.3 is 5.11 Å². The van der Waals surface area contributed by atoms with E-state index < -0.39 is 16.0 Å². The molecule has 132 valence electrons. The molecular weight excluding hydrogens is 338 g/mol. The molecule has 25 heavy (non-hydrogen) atoms. The van der Waals surface area contributed by atoms with Crippen LogP contribution in [0.3, 0.4) is 0 Å². The zero-order valence-electron chi connectivity index (χ0n) is 13.8. The number of hydrogen-bond donors (Lipinski definition) is 2. The average Bonchev–Trinajstić information content (AvgIpc) is 2.59. The summed E-state index contributed by atoms with van der Waals surface area (Å²) in [5.74, 6) is -0.787. The molecule has 0 aromatic heterocycles. The molecule has 0 amide bonds. The van der Waals surface area contributed by atoms with Gasteiger partial charge in [-0.2, -0.15) is 0 Å². The number of sulfonamides is 1. The van der Waals surface area contributed by atoms with Crippen LogP contribution in [-0.4, -0.2) is 19.5 Å². The number of carboxylic acid groups (broad SMARTS) is 1. The summed E-state index contributed by atoms with van der Waals surface area (Å²) in [7, 11) is -3.63. The highest BCUT2D eigenvalue weighted by molar-refractivity contribution is 7.92. The van der Waals surface area contributed by atoms with Crippen LogP contribution in [0.4, 0.5) is 5.69 Å². The molecule has 0 heterocycles. The summed E-state index contributed by atoms with van der Waals surface area (Å²) < 4.78 is 27.5. The monoisotopic (exact) mass is 359 g/mol. The van der Waals surface area contributed by atoms with E-state index in [4.69, 9.17) is 5.11 Å². The maximum absolute atomic E-state index is 12.4. The smallest absolute Gasteiger partial charge is 0.303 e. The zero-order chi connectivity index (χ0) is 18.1. The fraction of sp³-hybridized carbons (Fsp3) is 0.211. The predicted octanol–water partition coefficient (Wildman–Crippen LogP) is 4.15. The number of carbonyl (C=O) groups is 1. The minimum absolute atomic E-state index is 0.168. The van der Waals surface area contributed by atoms with Crippen molar-refractivity contribution in [1.82, 2.24) is 0 Å². The Hall–Kier alpha value is -2.60. The molecule has 6 heteroatoms. The second-order valence-electron chi connectivity index (χ2n) is 5.55. The van der Waals surface area contributed by atoms with Crippen LogP contribution in [0.25, 0.3) is 6.08 Å². The van der Waals surface area contributed by atoms with Crippen molar-refractivity contribution in [2.24, 2.45) is 0 Å². The summed E-state index contributed by atoms with van der Waals surface area (Å²) in [6, 6.07) is 15.4. The minimum Gasteiger partial charge on any atom is -0.481 e. The largest absolute Gasteiger partial charge is 0.481 e. The molecule has 0 fully saturated rings. The first-order valence-electron chi connectivity index (χ1n) is 8.04. The first-order chi connectivity index (χ1) is 12.0. The van der Waals surface area contributed by atoms with E-state index in [-0.39, 0.29) is 11.3 Å². The second-order valence-corrected chi connectivity index (χ2v) is 7.23. The number of rotatable bonds is 9.